The standard InChI is InChI=1S/C7H10O6/c1-5(7(10)11)13-4-12-3-2-6(8)9/h1-4H2,(H,8,9)(H,10,11). The van der Waals surface area contributed by atoms with Crippen LogP contribution in [0.15, 0.2) is 12.3 Å². The number of aliphatic carboxylic acids is 2. The van der Waals surface area contributed by atoms with Crippen molar-refractivity contribution < 1.29 is 29.3 Å². The predicted octanol–water partition coefficient (Wildman–Crippen LogP) is 0.0501. The van der Waals surface area contributed by atoms with Gasteiger partial charge in [-0.05, 0) is 6.58 Å². The minimum atomic E-state index is -1.28. The Kier molecular flexibility index (Phi) is 5.29. The molecular formula is C7H10O6. The van der Waals surface area contributed by atoms with Crippen LogP contribution in [0.25, 0.3) is 0 Å². The number of hydrogen-bond donors (Lipinski definition) is 2. The van der Waals surface area contributed by atoms with E-state index in [1.807, 2.05) is 0 Å². The zero-order valence-electron chi connectivity index (χ0n) is 6.86. The topological polar surface area (TPSA) is 93.1 Å². The smallest absolute Gasteiger partial charge is 0.370 e. The molecule has 0 saturated carbocycles. The third-order valence-corrected chi connectivity index (χ3v) is 1.02. The van der Waals surface area contributed by atoms with Gasteiger partial charge < -0.3 is 19.7 Å². The summed E-state index contributed by atoms with van der Waals surface area (Å²) in [4.78, 5) is 20.1. The van der Waals surface area contributed by atoms with Gasteiger partial charge in [-0.1, -0.05) is 0 Å². The van der Waals surface area contributed by atoms with Gasteiger partial charge in [-0.3, -0.25) is 4.79 Å². The Hall–Kier alpha value is -1.56. The second-order valence-corrected chi connectivity index (χ2v) is 2.04. The van der Waals surface area contributed by atoms with E-state index in [4.69, 9.17) is 10.2 Å². The lowest BCUT2D eigenvalue weighted by atomic mass is 10.5. The summed E-state index contributed by atoms with van der Waals surface area (Å²) in [5, 5.41) is 16.4. The summed E-state index contributed by atoms with van der Waals surface area (Å²) in [7, 11) is 0. The molecule has 6 heteroatoms. The summed E-state index contributed by atoms with van der Waals surface area (Å²) < 4.78 is 9.11. The average molecular weight is 190 g/mol. The van der Waals surface area contributed by atoms with Gasteiger partial charge in [0, 0.05) is 0 Å². The molecular weight excluding hydrogens is 180 g/mol. The summed E-state index contributed by atoms with van der Waals surface area (Å²) in [5.41, 5.74) is 0. The molecule has 0 aromatic heterocycles. The van der Waals surface area contributed by atoms with Gasteiger partial charge in [-0.15, -0.1) is 0 Å². The molecule has 13 heavy (non-hydrogen) atoms. The Bertz CT molecular complexity index is 209. The van der Waals surface area contributed by atoms with Crippen LogP contribution >= 0.6 is 0 Å². The maximum atomic E-state index is 10.1. The number of rotatable bonds is 7. The minimum absolute atomic E-state index is 0.0256. The molecule has 0 atom stereocenters. The Morgan fingerprint density at radius 1 is 1.31 bits per heavy atom. The molecule has 0 amide bonds. The Morgan fingerprint density at radius 2 is 1.92 bits per heavy atom. The van der Waals surface area contributed by atoms with Crippen LogP contribution in [-0.2, 0) is 19.1 Å². The molecule has 0 aromatic rings. The molecule has 0 rings (SSSR count). The molecule has 0 radical (unpaired) electrons. The molecule has 0 aliphatic rings. The first-order valence-corrected chi connectivity index (χ1v) is 3.38. The van der Waals surface area contributed by atoms with Crippen LogP contribution in [0.1, 0.15) is 6.42 Å². The van der Waals surface area contributed by atoms with Crippen molar-refractivity contribution in [2.45, 2.75) is 6.42 Å². The zero-order chi connectivity index (χ0) is 10.3. The van der Waals surface area contributed by atoms with Crippen LogP contribution in [0, 0.1) is 0 Å². The van der Waals surface area contributed by atoms with E-state index in [0.717, 1.165) is 0 Å². The summed E-state index contributed by atoms with van der Waals surface area (Å²) in [5.74, 6) is -2.70. The van der Waals surface area contributed by atoms with Gasteiger partial charge >= 0.3 is 11.9 Å². The molecule has 74 valence electrons. The number of carbonyl (C=O) groups is 2. The van der Waals surface area contributed by atoms with E-state index in [2.05, 4.69) is 16.1 Å². The highest BCUT2D eigenvalue weighted by Gasteiger charge is 2.04. The van der Waals surface area contributed by atoms with Crippen LogP contribution in [0.3, 0.4) is 0 Å². The van der Waals surface area contributed by atoms with Gasteiger partial charge in [0.2, 0.25) is 0 Å². The third-order valence-electron chi connectivity index (χ3n) is 1.02. The van der Waals surface area contributed by atoms with Crippen molar-refractivity contribution in [3.63, 3.8) is 0 Å². The molecule has 0 fully saturated rings. The SMILES string of the molecule is C=C(OCOCCC(=O)O)C(=O)O. The minimum Gasteiger partial charge on any atom is -0.481 e. The van der Waals surface area contributed by atoms with Crippen molar-refractivity contribution in [1.82, 2.24) is 0 Å². The first kappa shape index (κ1) is 11.4. The summed E-state index contributed by atoms with van der Waals surface area (Å²) in [6.45, 7) is 2.74. The van der Waals surface area contributed by atoms with Crippen LogP contribution in [0.5, 0.6) is 0 Å². The van der Waals surface area contributed by atoms with Crippen LogP contribution in [-0.4, -0.2) is 35.6 Å². The van der Waals surface area contributed by atoms with Crippen molar-refractivity contribution >= 4 is 11.9 Å². The monoisotopic (exact) mass is 190 g/mol. The molecule has 0 aromatic carbocycles. The van der Waals surface area contributed by atoms with E-state index < -0.39 is 17.7 Å². The number of hydrogen-bond acceptors (Lipinski definition) is 4. The molecule has 0 spiro atoms. The van der Waals surface area contributed by atoms with Crippen molar-refractivity contribution in [3.05, 3.63) is 12.3 Å². The first-order valence-electron chi connectivity index (χ1n) is 3.38. The third kappa shape index (κ3) is 6.82. The average Bonchev–Trinajstić information content (AvgIpc) is 2.02. The Morgan fingerprint density at radius 3 is 2.38 bits per heavy atom. The molecule has 0 aliphatic carbocycles. The van der Waals surface area contributed by atoms with Gasteiger partial charge in [-0.2, -0.15) is 0 Å². The van der Waals surface area contributed by atoms with E-state index in [-0.39, 0.29) is 19.8 Å². The maximum absolute atomic E-state index is 10.1. The lowest BCUT2D eigenvalue weighted by Gasteiger charge is -2.04. The largest absolute Gasteiger partial charge is 0.481 e. The normalized spacial score (nSPS) is 9.23. The first-order chi connectivity index (χ1) is 6.04. The van der Waals surface area contributed by atoms with E-state index in [1.165, 1.54) is 0 Å². The summed E-state index contributed by atoms with van der Waals surface area (Å²) >= 11 is 0. The highest BCUT2D eigenvalue weighted by Crippen LogP contribution is 1.93. The highest BCUT2D eigenvalue weighted by molar-refractivity contribution is 5.83. The van der Waals surface area contributed by atoms with Gasteiger partial charge in [0.05, 0.1) is 13.0 Å². The second kappa shape index (κ2) is 6.01. The van der Waals surface area contributed by atoms with Crippen molar-refractivity contribution in [1.29, 1.82) is 0 Å². The molecule has 0 heterocycles. The number of carboxylic acid groups (broad SMARTS) is 2. The molecule has 0 saturated heterocycles. The summed E-state index contributed by atoms with van der Waals surface area (Å²) in [6, 6.07) is 0. The van der Waals surface area contributed by atoms with Gasteiger partial charge in [0.15, 0.2) is 12.6 Å². The van der Waals surface area contributed by atoms with Crippen molar-refractivity contribution in [2.24, 2.45) is 0 Å². The molecule has 6 nitrogen and oxygen atoms in total. The van der Waals surface area contributed by atoms with E-state index >= 15 is 0 Å². The fourth-order valence-electron chi connectivity index (χ4n) is 0.393. The van der Waals surface area contributed by atoms with Gasteiger partial charge in [0.1, 0.15) is 0 Å². The molecule has 2 N–H and O–H groups in total. The molecule has 0 aliphatic heterocycles. The lowest BCUT2D eigenvalue weighted by Crippen LogP contribution is -2.09. The molecule has 0 unspecified atom stereocenters. The summed E-state index contributed by atoms with van der Waals surface area (Å²) in [6.07, 6.45) is -0.150. The van der Waals surface area contributed by atoms with E-state index in [9.17, 15) is 9.59 Å². The van der Waals surface area contributed by atoms with Gasteiger partial charge in [0.25, 0.3) is 0 Å². The lowest BCUT2D eigenvalue weighted by molar-refractivity contribution is -0.143. The van der Waals surface area contributed by atoms with Crippen molar-refractivity contribution in [3.8, 4) is 0 Å². The number of ether oxygens (including phenoxy) is 2. The van der Waals surface area contributed by atoms with Crippen molar-refractivity contribution in [2.75, 3.05) is 13.4 Å². The fourth-order valence-corrected chi connectivity index (χ4v) is 0.393. The Labute approximate surface area is 74.4 Å². The van der Waals surface area contributed by atoms with Crippen LogP contribution in [0.4, 0.5) is 0 Å². The van der Waals surface area contributed by atoms with Crippen LogP contribution < -0.4 is 0 Å². The highest BCUT2D eigenvalue weighted by atomic mass is 16.7. The fraction of sp³-hybridized carbons (Fsp3) is 0.429. The second-order valence-electron chi connectivity index (χ2n) is 2.04. The number of carboxylic acids is 2. The maximum Gasteiger partial charge on any atom is 0.370 e. The van der Waals surface area contributed by atoms with E-state index in [0.29, 0.717) is 0 Å². The Balaban J connectivity index is 3.31. The van der Waals surface area contributed by atoms with Gasteiger partial charge in [-0.25, -0.2) is 4.79 Å². The van der Waals surface area contributed by atoms with Crippen LogP contribution in [0.2, 0.25) is 0 Å². The molecule has 0 bridgehead atoms. The van der Waals surface area contributed by atoms with E-state index in [1.54, 1.807) is 0 Å². The zero-order valence-corrected chi connectivity index (χ0v) is 6.86. The quantitative estimate of drug-likeness (QED) is 0.255. The predicted molar refractivity (Wildman–Crippen MR) is 40.9 cm³/mol.